The second-order valence-corrected chi connectivity index (χ2v) is 8.99. The van der Waals surface area contributed by atoms with Gasteiger partial charge in [-0.3, -0.25) is 4.79 Å². The minimum Gasteiger partial charge on any atom is -0.388 e. The van der Waals surface area contributed by atoms with Crippen molar-refractivity contribution in [1.29, 1.82) is 0 Å². The zero-order valence-corrected chi connectivity index (χ0v) is 17.0. The van der Waals surface area contributed by atoms with Crippen molar-refractivity contribution < 1.29 is 24.9 Å². The summed E-state index contributed by atoms with van der Waals surface area (Å²) in [4.78, 5) is 12.7. The third kappa shape index (κ3) is 5.25. The van der Waals surface area contributed by atoms with Crippen LogP contribution < -0.4 is 10.6 Å². The predicted molar refractivity (Wildman–Crippen MR) is 102 cm³/mol. The van der Waals surface area contributed by atoms with Gasteiger partial charge in [-0.25, -0.2) is 0 Å². The van der Waals surface area contributed by atoms with Crippen LogP contribution in [0.25, 0.3) is 0 Å². The molecule has 8 unspecified atom stereocenters. The number of aliphatic hydroxyl groups excluding tert-OH is 3. The summed E-state index contributed by atoms with van der Waals surface area (Å²) in [6.07, 6.45) is -0.352. The highest BCUT2D eigenvalue weighted by Gasteiger charge is 2.48. The van der Waals surface area contributed by atoms with Crippen molar-refractivity contribution in [3.63, 3.8) is 0 Å². The highest BCUT2D eigenvalue weighted by Crippen LogP contribution is 2.30. The Morgan fingerprint density at radius 3 is 2.54 bits per heavy atom. The average Bonchev–Trinajstić information content (AvgIpc) is 2.82. The molecule has 26 heavy (non-hydrogen) atoms. The smallest absolute Gasteiger partial charge is 0.237 e. The van der Waals surface area contributed by atoms with Crippen LogP contribution >= 0.6 is 23.4 Å². The van der Waals surface area contributed by atoms with Gasteiger partial charge in [0.05, 0.1) is 17.5 Å². The maximum absolute atomic E-state index is 12.7. The van der Waals surface area contributed by atoms with Gasteiger partial charge in [-0.2, -0.15) is 0 Å². The first-order chi connectivity index (χ1) is 12.3. The second-order valence-electron chi connectivity index (χ2n) is 7.37. The van der Waals surface area contributed by atoms with Crippen LogP contribution in [0.4, 0.5) is 0 Å². The standard InChI is InChI=1S/C17H31ClN2O5S/c1-8-4-5-10(19-7-6-8)16(24)20-11(9(2)18)15-13(22)12(21)14(23)17(25-15)26-3/h8-15,17,19,21-23H,4-7H2,1-3H3,(H,20,24)/t8-,9?,10?,11?,12?,13?,14?,15?,17?/m0/s1. The largest absolute Gasteiger partial charge is 0.388 e. The first kappa shape index (κ1) is 22.2. The maximum Gasteiger partial charge on any atom is 0.237 e. The van der Waals surface area contributed by atoms with Crippen LogP contribution in [0.15, 0.2) is 0 Å². The van der Waals surface area contributed by atoms with E-state index in [9.17, 15) is 20.1 Å². The lowest BCUT2D eigenvalue weighted by Gasteiger charge is -2.44. The van der Waals surface area contributed by atoms with Crippen LogP contribution in [0.2, 0.25) is 0 Å². The number of nitrogens with one attached hydrogen (secondary N) is 2. The van der Waals surface area contributed by atoms with E-state index in [0.29, 0.717) is 5.92 Å². The number of hydrogen-bond acceptors (Lipinski definition) is 7. The van der Waals surface area contributed by atoms with Crippen LogP contribution in [0.1, 0.15) is 33.1 Å². The molecule has 2 saturated heterocycles. The van der Waals surface area contributed by atoms with Gasteiger partial charge in [0.1, 0.15) is 29.9 Å². The number of ether oxygens (including phenoxy) is 1. The Hall–Kier alpha value is -0.0900. The molecule has 0 spiro atoms. The van der Waals surface area contributed by atoms with Crippen molar-refractivity contribution in [3.8, 4) is 0 Å². The highest BCUT2D eigenvalue weighted by molar-refractivity contribution is 7.99. The van der Waals surface area contributed by atoms with Crippen molar-refractivity contribution in [3.05, 3.63) is 0 Å². The molecular weight excluding hydrogens is 380 g/mol. The van der Waals surface area contributed by atoms with Gasteiger partial charge < -0.3 is 30.7 Å². The molecule has 0 radical (unpaired) electrons. The lowest BCUT2D eigenvalue weighted by Crippen LogP contribution is -2.65. The van der Waals surface area contributed by atoms with Gasteiger partial charge in [0.25, 0.3) is 0 Å². The fourth-order valence-corrected chi connectivity index (χ4v) is 4.40. The van der Waals surface area contributed by atoms with Gasteiger partial charge >= 0.3 is 0 Å². The molecule has 2 aliphatic heterocycles. The topological polar surface area (TPSA) is 111 Å². The molecule has 152 valence electrons. The number of carbonyl (C=O) groups is 1. The van der Waals surface area contributed by atoms with Crippen LogP contribution in [-0.2, 0) is 9.53 Å². The van der Waals surface area contributed by atoms with Gasteiger partial charge in [-0.05, 0) is 44.9 Å². The molecular formula is C17H31ClN2O5S. The number of rotatable bonds is 5. The lowest BCUT2D eigenvalue weighted by atomic mass is 9.92. The summed E-state index contributed by atoms with van der Waals surface area (Å²) in [5.74, 6) is 0.388. The van der Waals surface area contributed by atoms with E-state index in [0.717, 1.165) is 25.8 Å². The van der Waals surface area contributed by atoms with Gasteiger partial charge in [-0.15, -0.1) is 23.4 Å². The Bertz CT molecular complexity index is 470. The van der Waals surface area contributed by atoms with E-state index >= 15 is 0 Å². The molecule has 0 aliphatic carbocycles. The van der Waals surface area contributed by atoms with Crippen molar-refractivity contribution >= 4 is 29.3 Å². The van der Waals surface area contributed by atoms with Gasteiger partial charge in [0.2, 0.25) is 5.91 Å². The van der Waals surface area contributed by atoms with Gasteiger partial charge in [0.15, 0.2) is 0 Å². The van der Waals surface area contributed by atoms with Gasteiger partial charge in [-0.1, -0.05) is 6.92 Å². The fraction of sp³-hybridized carbons (Fsp3) is 0.941. The second kappa shape index (κ2) is 9.91. The van der Waals surface area contributed by atoms with E-state index in [1.165, 1.54) is 11.8 Å². The summed E-state index contributed by atoms with van der Waals surface area (Å²) in [6.45, 7) is 4.66. The summed E-state index contributed by atoms with van der Waals surface area (Å²) >= 11 is 7.51. The van der Waals surface area contributed by atoms with E-state index in [2.05, 4.69) is 17.6 Å². The van der Waals surface area contributed by atoms with Crippen LogP contribution in [-0.4, -0.2) is 81.3 Å². The molecule has 5 N–H and O–H groups in total. The molecule has 7 nitrogen and oxygen atoms in total. The van der Waals surface area contributed by atoms with Crippen molar-refractivity contribution in [1.82, 2.24) is 10.6 Å². The molecule has 0 aromatic rings. The molecule has 9 heteroatoms. The number of carbonyl (C=O) groups excluding carboxylic acids is 1. The first-order valence-electron chi connectivity index (χ1n) is 9.16. The molecule has 2 fully saturated rings. The third-order valence-electron chi connectivity index (χ3n) is 5.29. The van der Waals surface area contributed by atoms with E-state index in [1.54, 1.807) is 13.2 Å². The first-order valence-corrected chi connectivity index (χ1v) is 10.9. The zero-order valence-electron chi connectivity index (χ0n) is 15.5. The minimum absolute atomic E-state index is 0.186. The van der Waals surface area contributed by atoms with E-state index in [-0.39, 0.29) is 11.9 Å². The van der Waals surface area contributed by atoms with Crippen LogP contribution in [0.5, 0.6) is 0 Å². The molecule has 9 atom stereocenters. The van der Waals surface area contributed by atoms with E-state index in [4.69, 9.17) is 16.3 Å². The van der Waals surface area contributed by atoms with Gasteiger partial charge in [0, 0.05) is 0 Å². The monoisotopic (exact) mass is 410 g/mol. The summed E-state index contributed by atoms with van der Waals surface area (Å²) in [7, 11) is 0. The number of thioether (sulfide) groups is 1. The number of alkyl halides is 1. The summed E-state index contributed by atoms with van der Waals surface area (Å²) in [5, 5.41) is 36.1. The van der Waals surface area contributed by atoms with E-state index in [1.807, 2.05) is 0 Å². The summed E-state index contributed by atoms with van der Waals surface area (Å²) in [5.41, 5.74) is -0.704. The molecule has 1 amide bonds. The summed E-state index contributed by atoms with van der Waals surface area (Å²) in [6, 6.07) is -1.01. The Morgan fingerprint density at radius 1 is 1.23 bits per heavy atom. The number of hydrogen-bond donors (Lipinski definition) is 5. The SMILES string of the molecule is CSC1OC(C(NC(=O)C2CC[C@H](C)CCN2)C(C)Cl)C(O)C(O)C1O. The van der Waals surface area contributed by atoms with Crippen LogP contribution in [0.3, 0.4) is 0 Å². The Morgan fingerprint density at radius 2 is 1.92 bits per heavy atom. The Labute approximate surface area is 164 Å². The normalized spacial score (nSPS) is 41.1. The summed E-state index contributed by atoms with van der Waals surface area (Å²) < 4.78 is 5.77. The molecule has 0 saturated carbocycles. The highest BCUT2D eigenvalue weighted by atomic mass is 35.5. The third-order valence-corrected chi connectivity index (χ3v) is 6.42. The number of amides is 1. The molecule has 2 rings (SSSR count). The molecule has 2 aliphatic rings. The molecule has 0 aromatic carbocycles. The molecule has 0 aromatic heterocycles. The molecule has 2 heterocycles. The number of halogens is 1. The van der Waals surface area contributed by atoms with Crippen molar-refractivity contribution in [2.24, 2.45) is 5.92 Å². The van der Waals surface area contributed by atoms with Crippen molar-refractivity contribution in [2.45, 2.75) is 80.4 Å². The molecule has 0 bridgehead atoms. The number of aliphatic hydroxyl groups is 3. The maximum atomic E-state index is 12.7. The predicted octanol–water partition coefficient (Wildman–Crippen LogP) is 0.0473. The Balaban J connectivity index is 2.08. The quantitative estimate of drug-likeness (QED) is 0.407. The lowest BCUT2D eigenvalue weighted by molar-refractivity contribution is -0.205. The average molecular weight is 411 g/mol. The zero-order chi connectivity index (χ0) is 19.4. The van der Waals surface area contributed by atoms with E-state index < -0.39 is 41.3 Å². The minimum atomic E-state index is -1.36. The van der Waals surface area contributed by atoms with Crippen LogP contribution in [0, 0.1) is 5.92 Å². The Kier molecular flexibility index (Phi) is 8.46. The fourth-order valence-electron chi connectivity index (χ4n) is 3.51. The van der Waals surface area contributed by atoms with Crippen molar-refractivity contribution in [2.75, 3.05) is 12.8 Å².